The molecule has 14 nitrogen and oxygen atoms in total. The van der Waals surface area contributed by atoms with Crippen molar-refractivity contribution in [3.63, 3.8) is 0 Å². The highest BCUT2D eigenvalue weighted by molar-refractivity contribution is 5.95. The van der Waals surface area contributed by atoms with Crippen LogP contribution in [0.3, 0.4) is 0 Å². The number of aromatic amines is 2. The van der Waals surface area contributed by atoms with Gasteiger partial charge in [0.05, 0.1) is 74.9 Å². The number of likely N-dealkylation sites (N-methyl/N-ethyl adjacent to an activating group) is 1. The summed E-state index contributed by atoms with van der Waals surface area (Å²) in [6, 6.07) is 27.1. The molecule has 0 aliphatic rings. The molecule has 2 heterocycles. The first-order valence-corrected chi connectivity index (χ1v) is 18.8. The standard InChI is InChI=1S/C42H50N8O6/c1-50(2)18-16-44-41(51)31-7-3-29(4-8-31)39-46-35-13-11-33(27-37(35)48-39)34-12-14-36-38(28-34)49-40(47-36)30-5-9-32(10-6-30)42(52)45-17-20-54-22-24-56-26-25-55-23-21-53-19-15-43/h3-14,27-28H,15-26,43H2,1-2H3,(H,44,51)(H,45,52)(H,46,48)(H,47,49). The van der Waals surface area contributed by atoms with Crippen molar-refractivity contribution in [1.82, 2.24) is 35.5 Å². The van der Waals surface area contributed by atoms with Crippen LogP contribution in [0.1, 0.15) is 20.7 Å². The summed E-state index contributed by atoms with van der Waals surface area (Å²) in [6.07, 6.45) is 0. The molecule has 0 spiro atoms. The molecular formula is C42H50N8O6. The zero-order valence-corrected chi connectivity index (χ0v) is 31.9. The van der Waals surface area contributed by atoms with Crippen LogP contribution in [0.25, 0.3) is 56.0 Å². The van der Waals surface area contributed by atoms with E-state index in [1.807, 2.05) is 67.5 Å². The van der Waals surface area contributed by atoms with Gasteiger partial charge in [0, 0.05) is 48.4 Å². The predicted molar refractivity (Wildman–Crippen MR) is 218 cm³/mol. The number of nitrogens with two attached hydrogens (primary N) is 1. The highest BCUT2D eigenvalue weighted by atomic mass is 16.6. The molecule has 0 aliphatic heterocycles. The van der Waals surface area contributed by atoms with E-state index < -0.39 is 0 Å². The Kier molecular flexibility index (Phi) is 14.7. The van der Waals surface area contributed by atoms with E-state index in [-0.39, 0.29) is 11.8 Å². The molecule has 2 aromatic heterocycles. The van der Waals surface area contributed by atoms with Gasteiger partial charge in [0.1, 0.15) is 11.6 Å². The number of imidazole rings is 2. The van der Waals surface area contributed by atoms with Crippen molar-refractivity contribution in [2.45, 2.75) is 0 Å². The lowest BCUT2D eigenvalue weighted by Gasteiger charge is -2.10. The van der Waals surface area contributed by atoms with Gasteiger partial charge in [-0.15, -0.1) is 0 Å². The Morgan fingerprint density at radius 1 is 0.571 bits per heavy atom. The highest BCUT2D eigenvalue weighted by Gasteiger charge is 2.12. The van der Waals surface area contributed by atoms with Crippen LogP contribution in [-0.2, 0) is 18.9 Å². The van der Waals surface area contributed by atoms with E-state index in [4.69, 9.17) is 34.6 Å². The summed E-state index contributed by atoms with van der Waals surface area (Å²) in [4.78, 5) is 43.7. The van der Waals surface area contributed by atoms with Gasteiger partial charge in [-0.1, -0.05) is 36.4 Å². The van der Waals surface area contributed by atoms with Crippen LogP contribution in [0.4, 0.5) is 0 Å². The fraction of sp³-hybridized carbons (Fsp3) is 0.333. The Morgan fingerprint density at radius 3 is 1.43 bits per heavy atom. The maximum atomic E-state index is 12.7. The van der Waals surface area contributed by atoms with Crippen LogP contribution in [0.15, 0.2) is 84.9 Å². The lowest BCUT2D eigenvalue weighted by Crippen LogP contribution is -2.31. The van der Waals surface area contributed by atoms with Crippen LogP contribution >= 0.6 is 0 Å². The lowest BCUT2D eigenvalue weighted by atomic mass is 10.0. The monoisotopic (exact) mass is 762 g/mol. The van der Waals surface area contributed by atoms with Crippen molar-refractivity contribution >= 4 is 33.9 Å². The van der Waals surface area contributed by atoms with E-state index >= 15 is 0 Å². The fourth-order valence-electron chi connectivity index (χ4n) is 5.88. The molecule has 294 valence electrons. The Labute approximate surface area is 326 Å². The van der Waals surface area contributed by atoms with E-state index in [2.05, 4.69) is 44.9 Å². The molecule has 0 fully saturated rings. The third-order valence-electron chi connectivity index (χ3n) is 8.90. The summed E-state index contributed by atoms with van der Waals surface area (Å²) in [5.74, 6) is 1.18. The molecule has 6 N–H and O–H groups in total. The van der Waals surface area contributed by atoms with Gasteiger partial charge in [-0.25, -0.2) is 9.97 Å². The first kappa shape index (κ1) is 40.2. The summed E-state index contributed by atoms with van der Waals surface area (Å²) in [5.41, 5.74) is 13.8. The molecule has 0 radical (unpaired) electrons. The Morgan fingerprint density at radius 2 is 0.982 bits per heavy atom. The zero-order chi connectivity index (χ0) is 39.1. The third-order valence-corrected chi connectivity index (χ3v) is 8.90. The number of ether oxygens (including phenoxy) is 4. The molecule has 14 heteroatoms. The van der Waals surface area contributed by atoms with Crippen LogP contribution in [0.5, 0.6) is 0 Å². The van der Waals surface area contributed by atoms with E-state index in [9.17, 15) is 9.59 Å². The number of carbonyl (C=O) groups excluding carboxylic acids is 2. The minimum atomic E-state index is -0.173. The Balaban J connectivity index is 0.973. The van der Waals surface area contributed by atoms with Gasteiger partial charge in [-0.05, 0) is 73.8 Å². The summed E-state index contributed by atoms with van der Waals surface area (Å²) in [6.45, 7) is 6.07. The molecule has 56 heavy (non-hydrogen) atoms. The van der Waals surface area contributed by atoms with Gasteiger partial charge < -0.3 is 50.2 Å². The molecule has 2 amide bonds. The number of rotatable bonds is 22. The van der Waals surface area contributed by atoms with E-state index in [0.29, 0.717) is 89.4 Å². The fourth-order valence-corrected chi connectivity index (χ4v) is 5.88. The molecule has 0 unspecified atom stereocenters. The number of aromatic nitrogens is 4. The molecular weight excluding hydrogens is 713 g/mol. The minimum Gasteiger partial charge on any atom is -0.378 e. The Bertz CT molecular complexity index is 2160. The lowest BCUT2D eigenvalue weighted by molar-refractivity contribution is -0.000579. The maximum Gasteiger partial charge on any atom is 0.251 e. The minimum absolute atomic E-state index is 0.0939. The molecule has 4 aromatic carbocycles. The van der Waals surface area contributed by atoms with Gasteiger partial charge in [0.2, 0.25) is 0 Å². The van der Waals surface area contributed by atoms with E-state index in [1.165, 1.54) is 0 Å². The highest BCUT2D eigenvalue weighted by Crippen LogP contribution is 2.29. The largest absolute Gasteiger partial charge is 0.378 e. The average Bonchev–Trinajstić information content (AvgIpc) is 3.85. The number of nitrogens with zero attached hydrogens (tertiary/aromatic N) is 3. The second-order valence-corrected chi connectivity index (χ2v) is 13.3. The van der Waals surface area contributed by atoms with Gasteiger partial charge in [0.25, 0.3) is 11.8 Å². The molecule has 0 bridgehead atoms. The second-order valence-electron chi connectivity index (χ2n) is 13.3. The van der Waals surface area contributed by atoms with Crippen molar-refractivity contribution in [2.75, 3.05) is 93.1 Å². The van der Waals surface area contributed by atoms with Crippen molar-refractivity contribution in [1.29, 1.82) is 0 Å². The van der Waals surface area contributed by atoms with Crippen molar-refractivity contribution < 1.29 is 28.5 Å². The molecule has 6 rings (SSSR count). The van der Waals surface area contributed by atoms with Crippen LogP contribution in [0, 0.1) is 0 Å². The summed E-state index contributed by atoms with van der Waals surface area (Å²) < 4.78 is 21.7. The number of fused-ring (bicyclic) bond motifs is 2. The number of amides is 2. The Hall–Kier alpha value is -5.48. The number of nitrogens with one attached hydrogen (secondary N) is 4. The summed E-state index contributed by atoms with van der Waals surface area (Å²) in [5, 5.41) is 5.83. The zero-order valence-electron chi connectivity index (χ0n) is 31.9. The molecule has 0 saturated heterocycles. The van der Waals surface area contributed by atoms with Crippen molar-refractivity contribution in [3.05, 3.63) is 96.1 Å². The van der Waals surface area contributed by atoms with Crippen molar-refractivity contribution in [2.24, 2.45) is 5.73 Å². The molecule has 0 atom stereocenters. The van der Waals surface area contributed by atoms with Crippen LogP contribution in [0.2, 0.25) is 0 Å². The number of hydrogen-bond acceptors (Lipinski definition) is 10. The third kappa shape index (κ3) is 11.3. The normalized spacial score (nSPS) is 11.5. The van der Waals surface area contributed by atoms with Crippen molar-refractivity contribution in [3.8, 4) is 33.9 Å². The van der Waals surface area contributed by atoms with Crippen LogP contribution in [-0.4, -0.2) is 130 Å². The first-order valence-electron chi connectivity index (χ1n) is 18.8. The molecule has 0 saturated carbocycles. The van der Waals surface area contributed by atoms with E-state index in [0.717, 1.165) is 56.7 Å². The molecule has 6 aromatic rings. The smallest absolute Gasteiger partial charge is 0.251 e. The average molecular weight is 763 g/mol. The first-order chi connectivity index (χ1) is 27.4. The van der Waals surface area contributed by atoms with Gasteiger partial charge in [-0.2, -0.15) is 0 Å². The van der Waals surface area contributed by atoms with Crippen LogP contribution < -0.4 is 16.4 Å². The van der Waals surface area contributed by atoms with E-state index in [1.54, 1.807) is 12.1 Å². The number of carbonyl (C=O) groups is 2. The summed E-state index contributed by atoms with van der Waals surface area (Å²) >= 11 is 0. The topological polar surface area (TPSA) is 182 Å². The quantitative estimate of drug-likeness (QED) is 0.0619. The number of benzene rings is 4. The predicted octanol–water partition coefficient (Wildman–Crippen LogP) is 4.49. The number of H-pyrrole nitrogens is 2. The van der Waals surface area contributed by atoms with Gasteiger partial charge >= 0.3 is 0 Å². The molecule has 0 aliphatic carbocycles. The second kappa shape index (κ2) is 20.4. The van der Waals surface area contributed by atoms with Gasteiger partial charge in [-0.3, -0.25) is 9.59 Å². The number of hydrogen-bond donors (Lipinski definition) is 5. The van der Waals surface area contributed by atoms with Gasteiger partial charge in [0.15, 0.2) is 0 Å². The SMILES string of the molecule is CN(C)CCNC(=O)c1ccc(-c2nc3cc(-c4ccc5[nH]c(-c6ccc(C(=O)NCCOCCOCCOCCOCCN)cc6)nc5c4)ccc3[nH]2)cc1. The summed E-state index contributed by atoms with van der Waals surface area (Å²) in [7, 11) is 3.95. The maximum absolute atomic E-state index is 12.7.